The van der Waals surface area contributed by atoms with Crippen LogP contribution < -0.4 is 10.2 Å². The Morgan fingerprint density at radius 1 is 1.24 bits per heavy atom. The highest BCUT2D eigenvalue weighted by molar-refractivity contribution is 6.31. The Balaban J connectivity index is 1.27. The molecule has 2 atom stereocenters. The van der Waals surface area contributed by atoms with Gasteiger partial charge in [-0.25, -0.2) is 9.18 Å². The van der Waals surface area contributed by atoms with E-state index in [0.29, 0.717) is 66.4 Å². The number of piperidine rings is 1. The lowest BCUT2D eigenvalue weighted by molar-refractivity contribution is 0.169. The summed E-state index contributed by atoms with van der Waals surface area (Å²) in [6, 6.07) is 5.83. The topological polar surface area (TPSA) is 102 Å². The number of likely N-dealkylation sites (tertiary alicyclic amines) is 1. The molecule has 1 aliphatic carbocycles. The molecule has 0 spiro atoms. The number of nitrogens with zero attached hydrogens (tertiary/aromatic N) is 6. The first-order chi connectivity index (χ1) is 17.7. The van der Waals surface area contributed by atoms with E-state index in [4.69, 9.17) is 16.1 Å². The fourth-order valence-electron chi connectivity index (χ4n) is 5.20. The van der Waals surface area contributed by atoms with Gasteiger partial charge in [0.05, 0.1) is 22.9 Å². The fraction of sp³-hybridized carbons (Fsp3) is 0.615. The third-order valence-corrected chi connectivity index (χ3v) is 8.20. The van der Waals surface area contributed by atoms with E-state index in [-0.39, 0.29) is 17.4 Å². The molecule has 1 N–H and O–H groups in total. The molecule has 1 saturated carbocycles. The maximum Gasteiger partial charge on any atom is 0.321 e. The zero-order valence-electron chi connectivity index (χ0n) is 21.5. The summed E-state index contributed by atoms with van der Waals surface area (Å²) >= 11 is 6.36. The van der Waals surface area contributed by atoms with Gasteiger partial charge in [0.1, 0.15) is 12.2 Å². The molecule has 0 unspecified atom stereocenters. The minimum Gasteiger partial charge on any atom is -0.367 e. The van der Waals surface area contributed by atoms with Gasteiger partial charge in [0, 0.05) is 55.7 Å². The second kappa shape index (κ2) is 10.1. The number of aromatic nitrogens is 2. The fourth-order valence-corrected chi connectivity index (χ4v) is 5.42. The number of alkyl halides is 1. The lowest BCUT2D eigenvalue weighted by atomic mass is 9.80. The van der Waals surface area contributed by atoms with E-state index in [2.05, 4.69) is 52.1 Å². The van der Waals surface area contributed by atoms with Gasteiger partial charge in [-0.1, -0.05) is 23.7 Å². The Labute approximate surface area is 221 Å². The summed E-state index contributed by atoms with van der Waals surface area (Å²) in [4.78, 5) is 24.1. The highest BCUT2D eigenvalue weighted by atomic mass is 35.5. The zero-order chi connectivity index (χ0) is 26.3. The van der Waals surface area contributed by atoms with Gasteiger partial charge in [0.2, 0.25) is 5.89 Å². The van der Waals surface area contributed by atoms with Crippen LogP contribution in [0.15, 0.2) is 16.7 Å². The van der Waals surface area contributed by atoms with Gasteiger partial charge in [-0.15, -0.1) is 0 Å². The van der Waals surface area contributed by atoms with Crippen LogP contribution in [0, 0.1) is 11.3 Å². The van der Waals surface area contributed by atoms with E-state index in [1.54, 1.807) is 11.0 Å². The monoisotopic (exact) mass is 529 g/mol. The molecule has 3 aliphatic rings. The van der Waals surface area contributed by atoms with Gasteiger partial charge < -0.3 is 19.6 Å². The van der Waals surface area contributed by atoms with Crippen molar-refractivity contribution in [3.8, 4) is 6.07 Å². The van der Waals surface area contributed by atoms with Crippen LogP contribution in [-0.2, 0) is 5.41 Å². The molecule has 9 nitrogen and oxygen atoms in total. The largest absolute Gasteiger partial charge is 0.367 e. The van der Waals surface area contributed by atoms with Crippen molar-refractivity contribution in [1.29, 1.82) is 5.26 Å². The summed E-state index contributed by atoms with van der Waals surface area (Å²) in [5.74, 6) is 0.679. The summed E-state index contributed by atoms with van der Waals surface area (Å²) in [5, 5.41) is 17.4. The number of halogens is 2. The first-order valence-electron chi connectivity index (χ1n) is 13.0. The predicted molar refractivity (Wildman–Crippen MR) is 139 cm³/mol. The number of nitrogens with one attached hydrogen (secondary N) is 1. The molecule has 3 heterocycles. The van der Waals surface area contributed by atoms with Crippen LogP contribution in [0.25, 0.3) is 0 Å². The molecule has 11 heteroatoms. The van der Waals surface area contributed by atoms with Crippen LogP contribution in [0.4, 0.5) is 20.6 Å². The summed E-state index contributed by atoms with van der Waals surface area (Å²) in [5.41, 5.74) is 1.26. The number of benzene rings is 1. The minimum absolute atomic E-state index is 0.255. The third-order valence-electron chi connectivity index (χ3n) is 7.99. The van der Waals surface area contributed by atoms with Crippen LogP contribution in [0.1, 0.15) is 63.2 Å². The van der Waals surface area contributed by atoms with Gasteiger partial charge in [-0.2, -0.15) is 10.2 Å². The molecular weight excluding hydrogens is 497 g/mol. The lowest BCUT2D eigenvalue weighted by Crippen LogP contribution is -2.49. The Kier molecular flexibility index (Phi) is 7.03. The molecule has 198 valence electrons. The highest BCUT2D eigenvalue weighted by Crippen LogP contribution is 2.44. The molecule has 5 rings (SSSR count). The molecule has 2 amide bonds. The maximum absolute atomic E-state index is 13.4. The molecule has 0 bridgehead atoms. The Hall–Kier alpha value is -2.90. The van der Waals surface area contributed by atoms with Gasteiger partial charge in [-0.3, -0.25) is 4.90 Å². The summed E-state index contributed by atoms with van der Waals surface area (Å²) in [6.07, 6.45) is 0.858. The zero-order valence-corrected chi connectivity index (χ0v) is 22.3. The number of anilines is 2. The number of piperazine rings is 1. The number of hydrogen-bond donors (Lipinski definition) is 1. The number of amides is 2. The number of hydrogen-bond acceptors (Lipinski definition) is 7. The van der Waals surface area contributed by atoms with Crippen molar-refractivity contribution >= 4 is 29.0 Å². The SMILES string of the molecule is CC(C)N1CCN(c2cc(Cl)cc(C#N)c2NC(=O)N2CCC(C)(c3noc([C@@H]4C[C@@H]4F)n3)CC2)CC1. The molecule has 2 aromatic rings. The van der Waals surface area contributed by atoms with Gasteiger partial charge >= 0.3 is 6.03 Å². The van der Waals surface area contributed by atoms with Crippen LogP contribution >= 0.6 is 11.6 Å². The molecule has 2 aliphatic heterocycles. The first kappa shape index (κ1) is 25.7. The number of carbonyl (C=O) groups is 1. The minimum atomic E-state index is -0.887. The van der Waals surface area contributed by atoms with Gasteiger partial charge in [0.25, 0.3) is 0 Å². The van der Waals surface area contributed by atoms with Crippen LogP contribution in [0.3, 0.4) is 0 Å². The number of carbonyl (C=O) groups excluding carboxylic acids is 1. The molecule has 0 radical (unpaired) electrons. The van der Waals surface area contributed by atoms with Crippen molar-refractivity contribution in [2.24, 2.45) is 0 Å². The lowest BCUT2D eigenvalue weighted by Gasteiger charge is -2.39. The van der Waals surface area contributed by atoms with E-state index in [9.17, 15) is 14.4 Å². The second-order valence-corrected chi connectivity index (χ2v) is 11.3. The number of nitriles is 1. The predicted octanol–water partition coefficient (Wildman–Crippen LogP) is 4.54. The van der Waals surface area contributed by atoms with Gasteiger partial charge in [0.15, 0.2) is 5.82 Å². The molecule has 1 aromatic carbocycles. The summed E-state index contributed by atoms with van der Waals surface area (Å²) in [6.45, 7) is 10.8. The van der Waals surface area contributed by atoms with Crippen molar-refractivity contribution in [3.05, 3.63) is 34.4 Å². The Morgan fingerprint density at radius 2 is 1.92 bits per heavy atom. The van der Waals surface area contributed by atoms with Crippen LogP contribution in [0.2, 0.25) is 5.02 Å². The van der Waals surface area contributed by atoms with Crippen molar-refractivity contribution in [3.63, 3.8) is 0 Å². The standard InChI is InChI=1S/C26H33ClFN7O2/c1-16(2)33-8-10-34(11-9-33)21-13-18(27)12-17(15-29)22(21)30-25(36)35-6-4-26(3,5-7-35)24-31-23(37-32-24)19-14-20(19)28/h12-13,16,19-20H,4-11,14H2,1-3H3,(H,30,36)/t19-,20+/m1/s1. The molecular formula is C26H33ClFN7O2. The van der Waals surface area contributed by atoms with Crippen molar-refractivity contribution < 1.29 is 13.7 Å². The molecule has 2 saturated heterocycles. The van der Waals surface area contributed by atoms with Gasteiger partial charge in [-0.05, 0) is 45.2 Å². The van der Waals surface area contributed by atoms with Crippen molar-refractivity contribution in [2.45, 2.75) is 63.6 Å². The summed E-state index contributed by atoms with van der Waals surface area (Å²) < 4.78 is 18.7. The van der Waals surface area contributed by atoms with Crippen LogP contribution in [-0.4, -0.2) is 77.5 Å². The van der Waals surface area contributed by atoms with E-state index >= 15 is 0 Å². The Bertz CT molecular complexity index is 1200. The average molecular weight is 530 g/mol. The summed E-state index contributed by atoms with van der Waals surface area (Å²) in [7, 11) is 0. The number of rotatable bonds is 5. The van der Waals surface area contributed by atoms with E-state index in [1.807, 2.05) is 6.07 Å². The van der Waals surface area contributed by atoms with E-state index < -0.39 is 6.17 Å². The third kappa shape index (κ3) is 5.25. The molecule has 3 fully saturated rings. The van der Waals surface area contributed by atoms with Crippen LogP contribution in [0.5, 0.6) is 0 Å². The quantitative estimate of drug-likeness (QED) is 0.607. The van der Waals surface area contributed by atoms with Crippen molar-refractivity contribution in [1.82, 2.24) is 19.9 Å². The molecule has 37 heavy (non-hydrogen) atoms. The van der Waals surface area contributed by atoms with Crippen molar-refractivity contribution in [2.75, 3.05) is 49.5 Å². The maximum atomic E-state index is 13.4. The normalized spacial score (nSPS) is 23.7. The second-order valence-electron chi connectivity index (χ2n) is 10.9. The first-order valence-corrected chi connectivity index (χ1v) is 13.3. The average Bonchev–Trinajstić information content (AvgIpc) is 3.40. The Morgan fingerprint density at radius 3 is 2.51 bits per heavy atom. The van der Waals surface area contributed by atoms with E-state index in [1.165, 1.54) is 0 Å². The van der Waals surface area contributed by atoms with E-state index in [0.717, 1.165) is 31.9 Å². The number of urea groups is 1. The highest BCUT2D eigenvalue weighted by Gasteiger charge is 2.45. The smallest absolute Gasteiger partial charge is 0.321 e. The molecule has 1 aromatic heterocycles.